The molecule has 31 heavy (non-hydrogen) atoms. The van der Waals surface area contributed by atoms with Gasteiger partial charge >= 0.3 is 6.18 Å². The number of benzene rings is 2. The Morgan fingerprint density at radius 2 is 1.90 bits per heavy atom. The van der Waals surface area contributed by atoms with Crippen LogP contribution in [0.15, 0.2) is 59.9 Å². The van der Waals surface area contributed by atoms with E-state index < -0.39 is 12.7 Å². The number of rotatable bonds is 7. The molecule has 10 heteroatoms. The lowest BCUT2D eigenvalue weighted by atomic mass is 10.2. The Morgan fingerprint density at radius 1 is 1.13 bits per heavy atom. The van der Waals surface area contributed by atoms with Crippen LogP contribution in [0.2, 0.25) is 0 Å². The van der Waals surface area contributed by atoms with Gasteiger partial charge in [-0.25, -0.2) is 4.98 Å². The van der Waals surface area contributed by atoms with Crippen molar-refractivity contribution in [1.82, 2.24) is 9.55 Å². The van der Waals surface area contributed by atoms with E-state index >= 15 is 0 Å². The fourth-order valence-corrected chi connectivity index (χ4v) is 3.99. The minimum absolute atomic E-state index is 0.110. The molecule has 0 bridgehead atoms. The zero-order valence-corrected chi connectivity index (χ0v) is 17.0. The minimum Gasteiger partial charge on any atom is -0.454 e. The van der Waals surface area contributed by atoms with Gasteiger partial charge in [0, 0.05) is 23.9 Å². The number of fused-ring (bicyclic) bond motifs is 1. The smallest absolute Gasteiger partial charge is 0.406 e. The summed E-state index contributed by atoms with van der Waals surface area (Å²) in [7, 11) is 0. The van der Waals surface area contributed by atoms with Crippen molar-refractivity contribution in [2.45, 2.75) is 24.3 Å². The third kappa shape index (κ3) is 5.32. The Hall–Kier alpha value is -3.14. The molecule has 162 valence electrons. The third-order valence-electron chi connectivity index (χ3n) is 4.44. The summed E-state index contributed by atoms with van der Waals surface area (Å²) in [6, 6.07) is 13.8. The second-order valence-corrected chi connectivity index (χ2v) is 7.77. The zero-order valence-electron chi connectivity index (χ0n) is 16.2. The van der Waals surface area contributed by atoms with Gasteiger partial charge in [-0.2, -0.15) is 13.2 Å². The Labute approximate surface area is 180 Å². The topological polar surface area (TPSA) is 65.4 Å². The second-order valence-electron chi connectivity index (χ2n) is 6.71. The number of carbonyl (C=O) groups excluding carboxylic acids is 1. The molecule has 0 aliphatic carbocycles. The molecule has 1 N–H and O–H groups in total. The standard InChI is InChI=1S/C21H18F3N3O3S/c22-21(23,24)12-27-16(14-4-2-1-3-5-14)11-25-20(27)31-9-8-19(28)26-15-6-7-17-18(10-15)30-13-29-17/h1-7,10-11H,8-9,12-13H2,(H,26,28). The largest absolute Gasteiger partial charge is 0.454 e. The summed E-state index contributed by atoms with van der Waals surface area (Å²) >= 11 is 1.11. The number of imidazole rings is 1. The predicted octanol–water partition coefficient (Wildman–Crippen LogP) is 4.96. The number of nitrogens with zero attached hydrogens (tertiary/aromatic N) is 2. The first-order valence-electron chi connectivity index (χ1n) is 9.39. The lowest BCUT2D eigenvalue weighted by molar-refractivity contribution is -0.141. The fraction of sp³-hybridized carbons (Fsp3) is 0.238. The molecule has 2 aromatic carbocycles. The summed E-state index contributed by atoms with van der Waals surface area (Å²) < 4.78 is 51.1. The van der Waals surface area contributed by atoms with Gasteiger partial charge in [-0.05, 0) is 17.7 Å². The van der Waals surface area contributed by atoms with E-state index in [-0.39, 0.29) is 30.0 Å². The molecule has 0 fully saturated rings. The van der Waals surface area contributed by atoms with Crippen molar-refractivity contribution in [3.05, 3.63) is 54.7 Å². The van der Waals surface area contributed by atoms with Crippen LogP contribution in [-0.2, 0) is 11.3 Å². The maximum atomic E-state index is 13.1. The molecule has 1 aliphatic rings. The van der Waals surface area contributed by atoms with Crippen LogP contribution in [0.4, 0.5) is 18.9 Å². The van der Waals surface area contributed by atoms with Crippen molar-refractivity contribution < 1.29 is 27.4 Å². The summed E-state index contributed by atoms with van der Waals surface area (Å²) in [6.07, 6.45) is -2.86. The van der Waals surface area contributed by atoms with E-state index in [1.165, 1.54) is 6.20 Å². The molecule has 2 heterocycles. The Bertz CT molecular complexity index is 1070. The number of amides is 1. The average molecular weight is 449 g/mol. The predicted molar refractivity (Wildman–Crippen MR) is 110 cm³/mol. The minimum atomic E-state index is -4.39. The molecule has 4 rings (SSSR count). The zero-order chi connectivity index (χ0) is 21.8. The monoisotopic (exact) mass is 449 g/mol. The van der Waals surface area contributed by atoms with Crippen molar-refractivity contribution in [1.29, 1.82) is 0 Å². The summed E-state index contributed by atoms with van der Waals surface area (Å²) in [5.74, 6) is 1.18. The van der Waals surface area contributed by atoms with Crippen molar-refractivity contribution in [2.24, 2.45) is 0 Å². The number of ether oxygens (including phenoxy) is 2. The maximum Gasteiger partial charge on any atom is 0.406 e. The normalized spacial score (nSPS) is 12.7. The molecule has 0 spiro atoms. The first kappa shape index (κ1) is 21.1. The number of aromatic nitrogens is 2. The molecule has 1 aliphatic heterocycles. The number of hydrogen-bond acceptors (Lipinski definition) is 5. The van der Waals surface area contributed by atoms with Crippen molar-refractivity contribution in [2.75, 3.05) is 17.9 Å². The van der Waals surface area contributed by atoms with E-state index in [2.05, 4.69) is 10.3 Å². The van der Waals surface area contributed by atoms with Gasteiger partial charge in [0.15, 0.2) is 16.7 Å². The van der Waals surface area contributed by atoms with Gasteiger partial charge in [-0.15, -0.1) is 0 Å². The molecular weight excluding hydrogens is 431 g/mol. The third-order valence-corrected chi connectivity index (χ3v) is 5.43. The highest BCUT2D eigenvalue weighted by Gasteiger charge is 2.30. The summed E-state index contributed by atoms with van der Waals surface area (Å²) in [6.45, 7) is -1.01. The molecule has 0 saturated heterocycles. The van der Waals surface area contributed by atoms with Crippen LogP contribution < -0.4 is 14.8 Å². The van der Waals surface area contributed by atoms with Gasteiger partial charge in [0.25, 0.3) is 0 Å². The molecule has 1 amide bonds. The van der Waals surface area contributed by atoms with E-state index in [0.717, 1.165) is 16.3 Å². The summed E-state index contributed by atoms with van der Waals surface area (Å²) in [5, 5.41) is 2.96. The summed E-state index contributed by atoms with van der Waals surface area (Å²) in [4.78, 5) is 16.4. The van der Waals surface area contributed by atoms with Crippen LogP contribution in [-0.4, -0.2) is 34.2 Å². The highest BCUT2D eigenvalue weighted by molar-refractivity contribution is 7.99. The van der Waals surface area contributed by atoms with Gasteiger partial charge in [-0.3, -0.25) is 4.79 Å². The van der Waals surface area contributed by atoms with Gasteiger partial charge in [0.1, 0.15) is 6.54 Å². The number of nitrogens with one attached hydrogen (secondary N) is 1. The molecule has 1 aromatic heterocycles. The molecular formula is C21H18F3N3O3S. The lowest BCUT2D eigenvalue weighted by Crippen LogP contribution is -2.19. The highest BCUT2D eigenvalue weighted by atomic mass is 32.2. The number of thioether (sulfide) groups is 1. The number of halogens is 3. The second kappa shape index (κ2) is 8.93. The van der Waals surface area contributed by atoms with E-state index in [9.17, 15) is 18.0 Å². The first-order valence-corrected chi connectivity index (χ1v) is 10.4. The van der Waals surface area contributed by atoms with E-state index in [1.54, 1.807) is 48.5 Å². The van der Waals surface area contributed by atoms with Gasteiger partial charge in [-0.1, -0.05) is 42.1 Å². The highest BCUT2D eigenvalue weighted by Crippen LogP contribution is 2.34. The van der Waals surface area contributed by atoms with Crippen LogP contribution in [0.1, 0.15) is 6.42 Å². The van der Waals surface area contributed by atoms with E-state index in [4.69, 9.17) is 9.47 Å². The molecule has 0 radical (unpaired) electrons. The van der Waals surface area contributed by atoms with Gasteiger partial charge in [0.2, 0.25) is 12.7 Å². The van der Waals surface area contributed by atoms with Crippen LogP contribution >= 0.6 is 11.8 Å². The lowest BCUT2D eigenvalue weighted by Gasteiger charge is -2.14. The van der Waals surface area contributed by atoms with Crippen LogP contribution in [0, 0.1) is 0 Å². The fourth-order valence-electron chi connectivity index (χ4n) is 3.08. The average Bonchev–Trinajstić information content (AvgIpc) is 3.34. The van der Waals surface area contributed by atoms with Gasteiger partial charge in [0.05, 0.1) is 11.9 Å². The molecule has 0 atom stereocenters. The van der Waals surface area contributed by atoms with E-state index in [0.29, 0.717) is 28.4 Å². The number of carbonyl (C=O) groups is 1. The molecule has 6 nitrogen and oxygen atoms in total. The number of hydrogen-bond donors (Lipinski definition) is 1. The van der Waals surface area contributed by atoms with Crippen LogP contribution in [0.25, 0.3) is 11.3 Å². The molecule has 0 unspecified atom stereocenters. The van der Waals surface area contributed by atoms with Crippen molar-refractivity contribution in [3.63, 3.8) is 0 Å². The van der Waals surface area contributed by atoms with E-state index in [1.807, 2.05) is 0 Å². The van der Waals surface area contributed by atoms with Crippen molar-refractivity contribution in [3.8, 4) is 22.8 Å². The molecule has 0 saturated carbocycles. The summed E-state index contributed by atoms with van der Waals surface area (Å²) in [5.41, 5.74) is 1.58. The van der Waals surface area contributed by atoms with Crippen molar-refractivity contribution >= 4 is 23.4 Å². The number of anilines is 1. The van der Waals surface area contributed by atoms with Crippen LogP contribution in [0.3, 0.4) is 0 Å². The number of alkyl halides is 3. The SMILES string of the molecule is O=C(CCSc1ncc(-c2ccccc2)n1CC(F)(F)F)Nc1ccc2c(c1)OCO2. The Kier molecular flexibility index (Phi) is 6.08. The van der Waals surface area contributed by atoms with Gasteiger partial charge < -0.3 is 19.4 Å². The molecule has 3 aromatic rings. The first-order chi connectivity index (χ1) is 14.9. The Balaban J connectivity index is 1.40. The van der Waals surface area contributed by atoms with Crippen LogP contribution in [0.5, 0.6) is 11.5 Å². The quantitative estimate of drug-likeness (QED) is 0.517. The maximum absolute atomic E-state index is 13.1. The Morgan fingerprint density at radius 3 is 2.68 bits per heavy atom.